The highest BCUT2D eigenvalue weighted by Crippen LogP contribution is 2.31. The van der Waals surface area contributed by atoms with Gasteiger partial charge in [-0.15, -0.1) is 0 Å². The molecule has 0 radical (unpaired) electrons. The number of fused-ring (bicyclic) bond motifs is 1. The molecule has 2 aliphatic heterocycles. The number of hydrogen-bond acceptors (Lipinski definition) is 4. The number of rotatable bonds is 1. The Morgan fingerprint density at radius 1 is 1.16 bits per heavy atom. The van der Waals surface area contributed by atoms with E-state index in [0.29, 0.717) is 37.4 Å². The van der Waals surface area contributed by atoms with Gasteiger partial charge in [-0.25, -0.2) is 0 Å². The SMILES string of the molecule is O=C1CCN(C(=O)C2COc3ccccc3O2)CC1. The van der Waals surface area contributed by atoms with Crippen molar-refractivity contribution in [1.82, 2.24) is 4.90 Å². The summed E-state index contributed by atoms with van der Waals surface area (Å²) in [5.74, 6) is 1.39. The molecule has 0 aromatic heterocycles. The monoisotopic (exact) mass is 261 g/mol. The van der Waals surface area contributed by atoms with E-state index in [9.17, 15) is 9.59 Å². The number of likely N-dealkylation sites (tertiary alicyclic amines) is 1. The van der Waals surface area contributed by atoms with Crippen molar-refractivity contribution < 1.29 is 19.1 Å². The molecule has 0 bridgehead atoms. The third-order valence-corrected chi connectivity index (χ3v) is 3.42. The molecule has 100 valence electrons. The molecule has 0 spiro atoms. The van der Waals surface area contributed by atoms with Crippen LogP contribution in [0.25, 0.3) is 0 Å². The first-order valence-corrected chi connectivity index (χ1v) is 6.43. The molecule has 1 saturated heterocycles. The van der Waals surface area contributed by atoms with Gasteiger partial charge < -0.3 is 14.4 Å². The van der Waals surface area contributed by atoms with E-state index in [-0.39, 0.29) is 18.3 Å². The molecule has 0 saturated carbocycles. The Labute approximate surface area is 111 Å². The Morgan fingerprint density at radius 3 is 2.58 bits per heavy atom. The van der Waals surface area contributed by atoms with Crippen LogP contribution in [0.1, 0.15) is 12.8 Å². The minimum Gasteiger partial charge on any atom is -0.485 e. The van der Waals surface area contributed by atoms with Gasteiger partial charge in [0.2, 0.25) is 6.10 Å². The quantitative estimate of drug-likeness (QED) is 0.757. The van der Waals surface area contributed by atoms with Crippen LogP contribution in [0.15, 0.2) is 24.3 Å². The van der Waals surface area contributed by atoms with E-state index in [1.165, 1.54) is 0 Å². The largest absolute Gasteiger partial charge is 0.485 e. The second-order valence-corrected chi connectivity index (χ2v) is 4.73. The molecule has 1 aromatic rings. The number of amides is 1. The van der Waals surface area contributed by atoms with Gasteiger partial charge in [-0.1, -0.05) is 12.1 Å². The molecule has 2 heterocycles. The fourth-order valence-electron chi connectivity index (χ4n) is 2.32. The molecule has 19 heavy (non-hydrogen) atoms. The van der Waals surface area contributed by atoms with Crippen molar-refractivity contribution in [2.24, 2.45) is 0 Å². The van der Waals surface area contributed by atoms with Crippen LogP contribution in [-0.4, -0.2) is 42.4 Å². The average Bonchev–Trinajstić information content (AvgIpc) is 2.47. The molecule has 1 unspecified atom stereocenters. The van der Waals surface area contributed by atoms with Crippen molar-refractivity contribution in [1.29, 1.82) is 0 Å². The highest BCUT2D eigenvalue weighted by Gasteiger charge is 2.32. The van der Waals surface area contributed by atoms with Gasteiger partial charge in [0.1, 0.15) is 12.4 Å². The van der Waals surface area contributed by atoms with Crippen molar-refractivity contribution in [3.63, 3.8) is 0 Å². The molecule has 5 nitrogen and oxygen atoms in total. The molecule has 0 N–H and O–H groups in total. The zero-order valence-corrected chi connectivity index (χ0v) is 10.5. The van der Waals surface area contributed by atoms with Crippen LogP contribution >= 0.6 is 0 Å². The molecule has 1 atom stereocenters. The summed E-state index contributed by atoms with van der Waals surface area (Å²) in [6.45, 7) is 1.19. The Balaban J connectivity index is 1.67. The smallest absolute Gasteiger partial charge is 0.267 e. The maximum atomic E-state index is 12.3. The molecular weight excluding hydrogens is 246 g/mol. The molecular formula is C14H15NO4. The van der Waals surface area contributed by atoms with Crippen LogP contribution in [0.4, 0.5) is 0 Å². The molecule has 5 heteroatoms. The van der Waals surface area contributed by atoms with E-state index >= 15 is 0 Å². The van der Waals surface area contributed by atoms with Crippen LogP contribution in [0.5, 0.6) is 11.5 Å². The third kappa shape index (κ3) is 2.41. The second-order valence-electron chi connectivity index (χ2n) is 4.73. The number of nitrogens with zero attached hydrogens (tertiary/aromatic N) is 1. The van der Waals surface area contributed by atoms with Crippen LogP contribution in [0, 0.1) is 0 Å². The van der Waals surface area contributed by atoms with Gasteiger partial charge in [0.25, 0.3) is 5.91 Å². The van der Waals surface area contributed by atoms with E-state index in [1.807, 2.05) is 18.2 Å². The van der Waals surface area contributed by atoms with Crippen molar-refractivity contribution in [3.8, 4) is 11.5 Å². The van der Waals surface area contributed by atoms with Crippen molar-refractivity contribution in [3.05, 3.63) is 24.3 Å². The van der Waals surface area contributed by atoms with Gasteiger partial charge >= 0.3 is 0 Å². The summed E-state index contributed by atoms with van der Waals surface area (Å²) in [5.41, 5.74) is 0. The Bertz CT molecular complexity index is 504. The summed E-state index contributed by atoms with van der Waals surface area (Å²) in [7, 11) is 0. The summed E-state index contributed by atoms with van der Waals surface area (Å²) >= 11 is 0. The topological polar surface area (TPSA) is 55.8 Å². The van der Waals surface area contributed by atoms with Crippen molar-refractivity contribution in [2.45, 2.75) is 18.9 Å². The lowest BCUT2D eigenvalue weighted by molar-refractivity contribution is -0.143. The fourth-order valence-corrected chi connectivity index (χ4v) is 2.32. The van der Waals surface area contributed by atoms with Crippen LogP contribution < -0.4 is 9.47 Å². The average molecular weight is 261 g/mol. The molecule has 1 aromatic carbocycles. The first-order valence-electron chi connectivity index (χ1n) is 6.43. The predicted molar refractivity (Wildman–Crippen MR) is 67.2 cm³/mol. The van der Waals surface area contributed by atoms with E-state index < -0.39 is 6.10 Å². The minimum absolute atomic E-state index is 0.0954. The lowest BCUT2D eigenvalue weighted by atomic mass is 10.1. The van der Waals surface area contributed by atoms with Gasteiger partial charge in [-0.05, 0) is 12.1 Å². The lowest BCUT2D eigenvalue weighted by Gasteiger charge is -2.32. The molecule has 1 amide bonds. The van der Waals surface area contributed by atoms with Crippen LogP contribution in [0.2, 0.25) is 0 Å². The maximum Gasteiger partial charge on any atom is 0.267 e. The van der Waals surface area contributed by atoms with Crippen LogP contribution in [-0.2, 0) is 9.59 Å². The fraction of sp³-hybridized carbons (Fsp3) is 0.429. The van der Waals surface area contributed by atoms with Gasteiger partial charge in [-0.3, -0.25) is 9.59 Å². The Morgan fingerprint density at radius 2 is 1.84 bits per heavy atom. The summed E-state index contributed by atoms with van der Waals surface area (Å²) < 4.78 is 11.2. The van der Waals surface area contributed by atoms with E-state index in [4.69, 9.17) is 9.47 Å². The maximum absolute atomic E-state index is 12.3. The Hall–Kier alpha value is -2.04. The number of benzene rings is 1. The Kier molecular flexibility index (Phi) is 3.11. The highest BCUT2D eigenvalue weighted by atomic mass is 16.6. The van der Waals surface area contributed by atoms with Gasteiger partial charge in [0.15, 0.2) is 11.5 Å². The number of para-hydroxylation sites is 2. The highest BCUT2D eigenvalue weighted by molar-refractivity contribution is 5.86. The van der Waals surface area contributed by atoms with Crippen molar-refractivity contribution >= 4 is 11.7 Å². The second kappa shape index (κ2) is 4.91. The molecule has 3 rings (SSSR count). The first kappa shape index (κ1) is 12.0. The standard InChI is InChI=1S/C14H15NO4/c16-10-5-7-15(8-6-10)14(17)13-9-18-11-3-1-2-4-12(11)19-13/h1-4,13H,5-9H2. The normalized spacial score (nSPS) is 22.2. The van der Waals surface area contributed by atoms with Gasteiger partial charge in [0, 0.05) is 25.9 Å². The van der Waals surface area contributed by atoms with E-state index in [0.717, 1.165) is 0 Å². The predicted octanol–water partition coefficient (Wildman–Crippen LogP) is 1.02. The lowest BCUT2D eigenvalue weighted by Crippen LogP contribution is -2.49. The van der Waals surface area contributed by atoms with E-state index in [1.54, 1.807) is 11.0 Å². The molecule has 1 fully saturated rings. The van der Waals surface area contributed by atoms with Gasteiger partial charge in [-0.2, -0.15) is 0 Å². The summed E-state index contributed by atoms with van der Waals surface area (Å²) in [6.07, 6.45) is 0.273. The first-order chi connectivity index (χ1) is 9.24. The van der Waals surface area contributed by atoms with Gasteiger partial charge in [0.05, 0.1) is 0 Å². The number of piperidine rings is 1. The number of carbonyl (C=O) groups excluding carboxylic acids is 2. The zero-order valence-electron chi connectivity index (χ0n) is 10.5. The van der Waals surface area contributed by atoms with E-state index in [2.05, 4.69) is 0 Å². The summed E-state index contributed by atoms with van der Waals surface area (Å²) in [4.78, 5) is 25.1. The zero-order chi connectivity index (χ0) is 13.2. The number of ketones is 1. The number of ether oxygens (including phenoxy) is 2. The third-order valence-electron chi connectivity index (χ3n) is 3.42. The number of carbonyl (C=O) groups is 2. The minimum atomic E-state index is -0.608. The molecule has 2 aliphatic rings. The summed E-state index contributed by atoms with van der Waals surface area (Å²) in [6, 6.07) is 7.30. The number of Topliss-reactive ketones (excluding diaryl/α,β-unsaturated/α-hetero) is 1. The summed E-state index contributed by atoms with van der Waals surface area (Å²) in [5, 5.41) is 0. The van der Waals surface area contributed by atoms with Crippen molar-refractivity contribution in [2.75, 3.05) is 19.7 Å². The number of hydrogen-bond donors (Lipinski definition) is 0. The van der Waals surface area contributed by atoms with Crippen LogP contribution in [0.3, 0.4) is 0 Å². The molecule has 0 aliphatic carbocycles.